The molecule has 7 nitrogen and oxygen atoms in total. The van der Waals surface area contributed by atoms with E-state index in [1.165, 1.54) is 7.11 Å². The summed E-state index contributed by atoms with van der Waals surface area (Å²) in [5.74, 6) is 1.93. The van der Waals surface area contributed by atoms with Crippen LogP contribution in [0.15, 0.2) is 88.8 Å². The van der Waals surface area contributed by atoms with Gasteiger partial charge in [0.1, 0.15) is 0 Å². The van der Waals surface area contributed by atoms with E-state index >= 15 is 0 Å². The van der Waals surface area contributed by atoms with E-state index in [-0.39, 0.29) is 12.3 Å². The number of allylic oxidation sites excluding steroid dienone is 7. The molecule has 1 aromatic carbocycles. The number of nitrogens with one attached hydrogen (secondary N) is 2. The fourth-order valence-electron chi connectivity index (χ4n) is 3.83. The molecule has 206 valence electrons. The Morgan fingerprint density at radius 2 is 1.95 bits per heavy atom. The molecule has 1 heterocycles. The first-order chi connectivity index (χ1) is 19.4. The number of hydrazone groups is 1. The number of ether oxygens (including phenoxy) is 1. The monoisotopic (exact) mass is 575 g/mol. The second-order valence-electron chi connectivity index (χ2n) is 8.82. The summed E-state index contributed by atoms with van der Waals surface area (Å²) >= 11 is 1.09. The molecule has 0 aliphatic heterocycles. The second kappa shape index (κ2) is 15.9. The number of rotatable bonds is 12. The van der Waals surface area contributed by atoms with Crippen LogP contribution in [0.25, 0.3) is 11.1 Å². The van der Waals surface area contributed by atoms with Gasteiger partial charge in [0.05, 0.1) is 0 Å². The van der Waals surface area contributed by atoms with Gasteiger partial charge in [-0.3, -0.25) is 0 Å². The normalized spacial score (nSPS) is 16.0. The number of benzene rings is 1. The summed E-state index contributed by atoms with van der Waals surface area (Å²) in [6, 6.07) is 10.9. The number of hydrogen-bond donors (Lipinski definition) is 2. The zero-order chi connectivity index (χ0) is 28.9. The number of aliphatic imine (C=N–C) groups is 1. The van der Waals surface area contributed by atoms with E-state index in [1.807, 2.05) is 19.1 Å². The number of aromatic nitrogens is 1. The van der Waals surface area contributed by atoms with Crippen LogP contribution in [0, 0.1) is 5.92 Å². The molecule has 1 aliphatic rings. The minimum absolute atomic E-state index is 0.0138. The summed E-state index contributed by atoms with van der Waals surface area (Å²) in [5, 5.41) is 4.37. The summed E-state index contributed by atoms with van der Waals surface area (Å²) in [7, 11) is 3.01. The Morgan fingerprint density at radius 1 is 1.23 bits per heavy atom. The Hall–Kier alpha value is -3.54. The Morgan fingerprint density at radius 3 is 2.55 bits per heavy atom. The zero-order valence-corrected chi connectivity index (χ0v) is 24.5. The molecule has 0 fully saturated rings. The average Bonchev–Trinajstić information content (AvgIpc) is 2.99. The Labute approximate surface area is 244 Å². The van der Waals surface area contributed by atoms with Gasteiger partial charge in [-0.2, -0.15) is 0 Å². The van der Waals surface area contributed by atoms with Crippen molar-refractivity contribution in [2.75, 3.05) is 14.2 Å². The molecule has 1 aromatic heterocycles. The first kappa shape index (κ1) is 31.0. The van der Waals surface area contributed by atoms with Crippen LogP contribution in [-0.4, -0.2) is 49.2 Å². The van der Waals surface area contributed by atoms with Gasteiger partial charge >= 0.3 is 207 Å². The summed E-state index contributed by atoms with van der Waals surface area (Å²) in [4.78, 5) is 20.9. The predicted molar refractivity (Wildman–Crippen MR) is 170 cm³/mol. The van der Waals surface area contributed by atoms with Crippen LogP contribution in [0.2, 0.25) is 0 Å². The van der Waals surface area contributed by atoms with Crippen LogP contribution < -0.4 is 9.55 Å². The number of halogens is 1. The van der Waals surface area contributed by atoms with Crippen molar-refractivity contribution >= 4 is 65.3 Å². The molecule has 0 bridgehead atoms. The predicted octanol–water partition coefficient (Wildman–Crippen LogP) is 6.02. The van der Waals surface area contributed by atoms with Gasteiger partial charge in [0.2, 0.25) is 0 Å². The van der Waals surface area contributed by atoms with E-state index in [1.54, 1.807) is 55.9 Å². The molecule has 11 heteroatoms. The van der Waals surface area contributed by atoms with E-state index < -0.39 is 5.97 Å². The van der Waals surface area contributed by atoms with Crippen molar-refractivity contribution in [1.29, 1.82) is 0 Å². The fraction of sp³-hybridized carbons (Fsp3) is 0.207. The van der Waals surface area contributed by atoms with Gasteiger partial charge in [-0.15, -0.1) is 0 Å². The molecular formula is C29H31BFN5O2S2. The molecule has 0 amide bonds. The average molecular weight is 576 g/mol. The second-order valence-corrected chi connectivity index (χ2v) is 10.1. The molecule has 0 saturated heterocycles. The van der Waals surface area contributed by atoms with Gasteiger partial charge in [-0.05, 0) is 12.3 Å². The van der Waals surface area contributed by atoms with E-state index in [4.69, 9.17) is 4.74 Å². The van der Waals surface area contributed by atoms with E-state index in [9.17, 15) is 8.68 Å². The van der Waals surface area contributed by atoms with Crippen molar-refractivity contribution in [1.82, 2.24) is 14.5 Å². The van der Waals surface area contributed by atoms with Crippen molar-refractivity contribution in [3.05, 3.63) is 101 Å². The Balaban J connectivity index is 1.78. The minimum atomic E-state index is -0.418. The number of methoxy groups -OCH3 is 1. The summed E-state index contributed by atoms with van der Waals surface area (Å²) in [5.41, 5.74) is 9.95. The molecule has 0 saturated carbocycles. The van der Waals surface area contributed by atoms with Crippen molar-refractivity contribution in [2.24, 2.45) is 16.0 Å². The number of hydrogen-bond acceptors (Lipinski definition) is 9. The van der Waals surface area contributed by atoms with E-state index in [0.29, 0.717) is 28.5 Å². The first-order valence-electron chi connectivity index (χ1n) is 12.4. The zero-order valence-electron chi connectivity index (χ0n) is 22.8. The van der Waals surface area contributed by atoms with Crippen molar-refractivity contribution < 1.29 is 13.4 Å². The van der Waals surface area contributed by atoms with Gasteiger partial charge in [0, 0.05) is 0 Å². The van der Waals surface area contributed by atoms with Gasteiger partial charge in [0.15, 0.2) is 0 Å². The van der Waals surface area contributed by atoms with Gasteiger partial charge in [-0.25, -0.2) is 0 Å². The SMILES string of the molecule is C=C(/C=N\N/C(C)=C(/C=BSNSF)C(=NC)c1ccc(C(=O)OC)cc1)c1ccc(C2=CCC(C)C=C2)nc1. The maximum absolute atomic E-state index is 12.4. The molecule has 3 rings (SSSR count). The van der Waals surface area contributed by atoms with Gasteiger partial charge < -0.3 is 0 Å². The molecular weight excluding hydrogens is 544 g/mol. The number of nitrogens with zero attached hydrogens (tertiary/aromatic N) is 3. The molecule has 2 N–H and O–H groups in total. The Bertz CT molecular complexity index is 1380. The van der Waals surface area contributed by atoms with Crippen LogP contribution in [0.3, 0.4) is 0 Å². The van der Waals surface area contributed by atoms with Crippen molar-refractivity contribution in [3.63, 3.8) is 0 Å². The van der Waals surface area contributed by atoms with E-state index in [0.717, 1.165) is 46.2 Å². The summed E-state index contributed by atoms with van der Waals surface area (Å²) in [6.45, 7) is 8.17. The van der Waals surface area contributed by atoms with Crippen molar-refractivity contribution in [2.45, 2.75) is 20.3 Å². The van der Waals surface area contributed by atoms with Crippen LogP contribution in [0.4, 0.5) is 3.89 Å². The number of carbonyl (C=O) groups excluding carboxylic acids is 1. The molecule has 1 unspecified atom stereocenters. The Kier molecular flexibility index (Phi) is 12.3. The maximum atomic E-state index is 12.4. The van der Waals surface area contributed by atoms with Crippen LogP contribution >= 0.6 is 24.1 Å². The van der Waals surface area contributed by atoms with Gasteiger partial charge in [0.25, 0.3) is 0 Å². The quantitative estimate of drug-likeness (QED) is 0.0799. The van der Waals surface area contributed by atoms with Crippen LogP contribution in [-0.2, 0) is 4.74 Å². The standard InChI is InChI=1S/C29H31BFN5O2S2/c1-19-6-8-22(9-7-19)27-15-14-25(18-33-27)20(2)17-34-35-21(3)26(16-30-39-36-40-31)28(32-4)23-10-12-24(13-11-23)29(37)38-5/h6,8-19,35-36H,2,7H2,1,3-5H3/b26-21-,32-28?,34-17-. The fourth-order valence-corrected chi connectivity index (χ4v) is 4.40. The molecule has 0 radical (unpaired) electrons. The number of esters is 1. The first-order valence-corrected chi connectivity index (χ1v) is 14.0. The molecule has 40 heavy (non-hydrogen) atoms. The molecule has 0 spiro atoms. The molecule has 1 aliphatic carbocycles. The topological polar surface area (TPSA) is 88.0 Å². The number of pyridine rings is 1. The van der Waals surface area contributed by atoms with Crippen LogP contribution in [0.1, 0.15) is 47.4 Å². The number of carbonyl (C=O) groups is 1. The van der Waals surface area contributed by atoms with Gasteiger partial charge in [-0.1, -0.05) is 25.2 Å². The van der Waals surface area contributed by atoms with Crippen molar-refractivity contribution in [3.8, 4) is 0 Å². The molecule has 1 atom stereocenters. The third-order valence-corrected chi connectivity index (χ3v) is 6.95. The van der Waals surface area contributed by atoms with E-state index in [2.05, 4.69) is 56.4 Å². The molecule has 2 aromatic rings. The third-order valence-electron chi connectivity index (χ3n) is 6.04. The van der Waals surface area contributed by atoms with Crippen LogP contribution in [0.5, 0.6) is 0 Å². The summed E-state index contributed by atoms with van der Waals surface area (Å²) < 4.78 is 19.7. The third kappa shape index (κ3) is 8.74. The summed E-state index contributed by atoms with van der Waals surface area (Å²) in [6.07, 6.45) is 12.7.